The summed E-state index contributed by atoms with van der Waals surface area (Å²) >= 11 is 0. The molecule has 160 valence electrons. The van der Waals surface area contributed by atoms with Crippen LogP contribution in [0, 0.1) is 11.9 Å². The molecule has 0 spiro atoms. The van der Waals surface area contributed by atoms with Crippen LogP contribution < -0.4 is 0 Å². The predicted molar refractivity (Wildman–Crippen MR) is 105 cm³/mol. The molecule has 5 rings (SSSR count). The number of aliphatic hydroxyl groups excluding tert-OH is 1. The second-order valence-electron chi connectivity index (χ2n) is 8.02. The Morgan fingerprint density at radius 1 is 1.23 bits per heavy atom. The summed E-state index contributed by atoms with van der Waals surface area (Å²) in [5.74, 6) is -0.766. The van der Waals surface area contributed by atoms with Gasteiger partial charge in [-0.1, -0.05) is 12.1 Å². The molecule has 0 radical (unpaired) electrons. The number of carbonyl (C=O) groups is 1. The number of aliphatic hydroxyl groups is 1. The number of nitrogens with zero attached hydrogens (tertiary/aromatic N) is 4. The molecule has 3 heterocycles. The fourth-order valence-corrected chi connectivity index (χ4v) is 4.09. The van der Waals surface area contributed by atoms with Gasteiger partial charge in [0.15, 0.2) is 6.17 Å². The van der Waals surface area contributed by atoms with Gasteiger partial charge in [-0.15, -0.1) is 10.2 Å². The molecular formula is C22H20F2N4O3. The van der Waals surface area contributed by atoms with Crippen LogP contribution in [0.5, 0.6) is 0 Å². The number of aromatic nitrogens is 3. The summed E-state index contributed by atoms with van der Waals surface area (Å²) in [6.07, 6.45) is -0.709. The topological polar surface area (TPSA) is 92.4 Å². The van der Waals surface area contributed by atoms with Crippen molar-refractivity contribution in [3.8, 4) is 11.5 Å². The molecule has 2 aromatic heterocycles. The predicted octanol–water partition coefficient (Wildman–Crippen LogP) is 3.77. The van der Waals surface area contributed by atoms with Crippen molar-refractivity contribution in [1.82, 2.24) is 20.1 Å². The normalized spacial score (nSPS) is 18.7. The molecule has 31 heavy (non-hydrogen) atoms. The summed E-state index contributed by atoms with van der Waals surface area (Å²) in [5, 5.41) is 18.5. The van der Waals surface area contributed by atoms with Gasteiger partial charge in [0.05, 0.1) is 11.7 Å². The van der Waals surface area contributed by atoms with E-state index in [9.17, 15) is 18.7 Å². The van der Waals surface area contributed by atoms with E-state index < -0.39 is 24.3 Å². The van der Waals surface area contributed by atoms with Gasteiger partial charge in [-0.2, -0.15) is 4.39 Å². The van der Waals surface area contributed by atoms with Crippen molar-refractivity contribution < 1.29 is 23.1 Å². The first-order valence-electron chi connectivity index (χ1n) is 10.1. The van der Waals surface area contributed by atoms with Gasteiger partial charge < -0.3 is 14.4 Å². The highest BCUT2D eigenvalue weighted by atomic mass is 19.1. The molecule has 1 aliphatic carbocycles. The fourth-order valence-electron chi connectivity index (χ4n) is 4.09. The van der Waals surface area contributed by atoms with E-state index in [1.807, 2.05) is 0 Å². The second-order valence-corrected chi connectivity index (χ2v) is 8.02. The van der Waals surface area contributed by atoms with Crippen LogP contribution in [0.4, 0.5) is 8.78 Å². The number of amides is 1. The number of hydrogen-bond donors (Lipinski definition) is 1. The van der Waals surface area contributed by atoms with Crippen molar-refractivity contribution >= 4 is 5.91 Å². The minimum absolute atomic E-state index is 0.122. The van der Waals surface area contributed by atoms with Crippen LogP contribution in [0.2, 0.25) is 0 Å². The number of carbonyl (C=O) groups excluding carboxylic acids is 1. The Labute approximate surface area is 176 Å². The number of halogens is 2. The van der Waals surface area contributed by atoms with Crippen LogP contribution in [-0.2, 0) is 6.54 Å². The first kappa shape index (κ1) is 19.7. The van der Waals surface area contributed by atoms with Gasteiger partial charge in [0.1, 0.15) is 6.10 Å². The van der Waals surface area contributed by atoms with Crippen molar-refractivity contribution in [2.75, 3.05) is 0 Å². The lowest BCUT2D eigenvalue weighted by atomic mass is 10.0. The summed E-state index contributed by atoms with van der Waals surface area (Å²) in [4.78, 5) is 18.7. The molecule has 1 aromatic carbocycles. The molecule has 2 unspecified atom stereocenters. The van der Waals surface area contributed by atoms with Gasteiger partial charge in [-0.25, -0.2) is 9.37 Å². The van der Waals surface area contributed by atoms with Crippen molar-refractivity contribution in [1.29, 1.82) is 0 Å². The van der Waals surface area contributed by atoms with Crippen LogP contribution in [-0.4, -0.2) is 37.1 Å². The summed E-state index contributed by atoms with van der Waals surface area (Å²) < 4.78 is 32.3. The molecule has 0 bridgehead atoms. The van der Waals surface area contributed by atoms with Gasteiger partial charge in [0.2, 0.25) is 11.8 Å². The van der Waals surface area contributed by atoms with Crippen LogP contribution in [0.25, 0.3) is 11.5 Å². The Bertz CT molecular complexity index is 1150. The molecule has 2 aliphatic rings. The Hall–Kier alpha value is -3.20. The number of fused-ring (bicyclic) bond motifs is 1. The van der Waals surface area contributed by atoms with E-state index >= 15 is 0 Å². The van der Waals surface area contributed by atoms with E-state index in [1.165, 1.54) is 19.1 Å². The average molecular weight is 426 g/mol. The SMILES string of the molecule is CC(F)c1nnc(-c2ccc3c(c2)C(=O)N([C@H](C2CC2)C(O)c2cccc(F)n2)C3)o1. The highest BCUT2D eigenvalue weighted by molar-refractivity contribution is 5.99. The van der Waals surface area contributed by atoms with Gasteiger partial charge >= 0.3 is 0 Å². The van der Waals surface area contributed by atoms with E-state index in [0.717, 1.165) is 18.4 Å². The fraction of sp³-hybridized carbons (Fsp3) is 0.364. The van der Waals surface area contributed by atoms with Crippen molar-refractivity contribution in [3.05, 3.63) is 65.1 Å². The third-order valence-electron chi connectivity index (χ3n) is 5.80. The van der Waals surface area contributed by atoms with Crippen LogP contribution in [0.15, 0.2) is 40.8 Å². The van der Waals surface area contributed by atoms with E-state index in [0.29, 0.717) is 17.7 Å². The molecule has 1 amide bonds. The number of hydrogen-bond acceptors (Lipinski definition) is 6. The lowest BCUT2D eigenvalue weighted by Crippen LogP contribution is -2.41. The molecule has 3 atom stereocenters. The zero-order valence-corrected chi connectivity index (χ0v) is 16.7. The molecule has 0 saturated heterocycles. The highest BCUT2D eigenvalue weighted by Crippen LogP contribution is 2.43. The maximum Gasteiger partial charge on any atom is 0.254 e. The molecule has 9 heteroatoms. The van der Waals surface area contributed by atoms with E-state index in [1.54, 1.807) is 29.2 Å². The van der Waals surface area contributed by atoms with Gasteiger partial charge in [0, 0.05) is 17.7 Å². The number of pyridine rings is 1. The minimum atomic E-state index is -1.38. The largest absolute Gasteiger partial charge is 0.418 e. The maximum atomic E-state index is 13.6. The smallest absolute Gasteiger partial charge is 0.254 e. The first-order valence-corrected chi connectivity index (χ1v) is 10.1. The minimum Gasteiger partial charge on any atom is -0.418 e. The monoisotopic (exact) mass is 426 g/mol. The summed E-state index contributed by atoms with van der Waals surface area (Å²) in [5.41, 5.74) is 2.00. The summed E-state index contributed by atoms with van der Waals surface area (Å²) in [7, 11) is 0. The number of alkyl halides is 1. The van der Waals surface area contributed by atoms with Crippen molar-refractivity contribution in [2.24, 2.45) is 5.92 Å². The first-order chi connectivity index (χ1) is 14.9. The average Bonchev–Trinajstić information content (AvgIpc) is 3.36. The maximum absolute atomic E-state index is 13.6. The zero-order valence-electron chi connectivity index (χ0n) is 16.7. The Morgan fingerprint density at radius 3 is 2.71 bits per heavy atom. The Balaban J connectivity index is 1.44. The highest BCUT2D eigenvalue weighted by Gasteiger charge is 2.45. The number of benzene rings is 1. The quantitative estimate of drug-likeness (QED) is 0.604. The van der Waals surface area contributed by atoms with Crippen molar-refractivity contribution in [3.63, 3.8) is 0 Å². The lowest BCUT2D eigenvalue weighted by Gasteiger charge is -2.31. The van der Waals surface area contributed by atoms with Crippen LogP contribution in [0.3, 0.4) is 0 Å². The standard InChI is InChI=1S/C22H20F2N4O3/c1-11(23)20-26-27-21(31-20)13-7-8-14-10-28(22(30)15(14)9-13)18(12-5-6-12)19(29)16-3-2-4-17(24)25-16/h2-4,7-9,11-12,18-19,29H,5-6,10H2,1H3/t11?,18-,19?/m1/s1. The third kappa shape index (κ3) is 3.59. The van der Waals surface area contributed by atoms with E-state index in [-0.39, 0.29) is 29.3 Å². The molecule has 1 saturated carbocycles. The molecule has 3 aromatic rings. The summed E-state index contributed by atoms with van der Waals surface area (Å²) in [6.45, 7) is 1.64. The molecule has 1 N–H and O–H groups in total. The molecule has 7 nitrogen and oxygen atoms in total. The number of rotatable bonds is 6. The van der Waals surface area contributed by atoms with E-state index in [2.05, 4.69) is 15.2 Å². The molecule has 1 fully saturated rings. The Morgan fingerprint density at radius 2 is 2.03 bits per heavy atom. The van der Waals surface area contributed by atoms with Crippen LogP contribution in [0.1, 0.15) is 59.5 Å². The van der Waals surface area contributed by atoms with Gasteiger partial charge in [-0.3, -0.25) is 4.79 Å². The molecular weight excluding hydrogens is 406 g/mol. The van der Waals surface area contributed by atoms with Crippen molar-refractivity contribution in [2.45, 2.75) is 44.6 Å². The Kier molecular flexibility index (Phi) is 4.77. The zero-order chi connectivity index (χ0) is 21.7. The van der Waals surface area contributed by atoms with Crippen LogP contribution >= 0.6 is 0 Å². The van der Waals surface area contributed by atoms with Gasteiger partial charge in [-0.05, 0) is 55.5 Å². The lowest BCUT2D eigenvalue weighted by molar-refractivity contribution is 0.0274. The second kappa shape index (κ2) is 7.49. The molecule has 1 aliphatic heterocycles. The van der Waals surface area contributed by atoms with Gasteiger partial charge in [0.25, 0.3) is 11.8 Å². The van der Waals surface area contributed by atoms with E-state index in [4.69, 9.17) is 4.42 Å². The third-order valence-corrected chi connectivity index (χ3v) is 5.80. The summed E-state index contributed by atoms with van der Waals surface area (Å²) in [6, 6.07) is 8.96.